The molecule has 7 nitrogen and oxygen atoms in total. The normalized spacial score (nSPS) is 19.7. The van der Waals surface area contributed by atoms with Crippen molar-refractivity contribution in [1.82, 2.24) is 20.1 Å². The van der Waals surface area contributed by atoms with Gasteiger partial charge in [0.25, 0.3) is 5.91 Å². The Bertz CT molecular complexity index is 845. The molecule has 1 unspecified atom stereocenters. The number of amides is 1. The van der Waals surface area contributed by atoms with Gasteiger partial charge in [0.2, 0.25) is 5.82 Å². The number of nitrogens with zero attached hydrogens (tertiary/aromatic N) is 3. The summed E-state index contributed by atoms with van der Waals surface area (Å²) in [5, 5.41) is 6.75. The molecular formula is C14H15FN4O3S. The van der Waals surface area contributed by atoms with Crippen LogP contribution >= 0.6 is 0 Å². The number of nitrogens with one attached hydrogen (secondary N) is 1. The molecule has 1 aliphatic rings. The Morgan fingerprint density at radius 3 is 2.65 bits per heavy atom. The van der Waals surface area contributed by atoms with Gasteiger partial charge in [-0.15, -0.1) is 5.10 Å². The summed E-state index contributed by atoms with van der Waals surface area (Å²) in [6.45, 7) is 1.67. The lowest BCUT2D eigenvalue weighted by atomic mass is 10.2. The van der Waals surface area contributed by atoms with Crippen LogP contribution in [0.1, 0.15) is 22.9 Å². The molecule has 2 heterocycles. The Morgan fingerprint density at radius 2 is 2.04 bits per heavy atom. The van der Waals surface area contributed by atoms with Crippen molar-refractivity contribution < 1.29 is 17.6 Å². The Morgan fingerprint density at radius 1 is 1.35 bits per heavy atom. The zero-order chi connectivity index (χ0) is 16.6. The van der Waals surface area contributed by atoms with Crippen molar-refractivity contribution in [3.63, 3.8) is 0 Å². The number of aryl methyl sites for hydroxylation is 1. The van der Waals surface area contributed by atoms with E-state index in [2.05, 4.69) is 15.4 Å². The van der Waals surface area contributed by atoms with Crippen LogP contribution in [0.4, 0.5) is 4.39 Å². The highest BCUT2D eigenvalue weighted by atomic mass is 32.2. The van der Waals surface area contributed by atoms with E-state index in [0.717, 1.165) is 0 Å². The fourth-order valence-corrected chi connectivity index (χ4v) is 4.15. The van der Waals surface area contributed by atoms with Crippen LogP contribution in [0.2, 0.25) is 0 Å². The minimum Gasteiger partial charge on any atom is -0.345 e. The lowest BCUT2D eigenvalue weighted by Crippen LogP contribution is -2.36. The average molecular weight is 338 g/mol. The summed E-state index contributed by atoms with van der Waals surface area (Å²) in [5.41, 5.74) is 0.582. The fourth-order valence-electron chi connectivity index (χ4n) is 2.47. The van der Waals surface area contributed by atoms with Gasteiger partial charge in [-0.2, -0.15) is 0 Å². The maximum absolute atomic E-state index is 13.0. The molecule has 122 valence electrons. The van der Waals surface area contributed by atoms with E-state index in [1.54, 1.807) is 6.92 Å². The van der Waals surface area contributed by atoms with E-state index in [0.29, 0.717) is 17.9 Å². The van der Waals surface area contributed by atoms with Crippen molar-refractivity contribution in [3.8, 4) is 5.69 Å². The van der Waals surface area contributed by atoms with Crippen molar-refractivity contribution in [2.75, 3.05) is 11.5 Å². The van der Waals surface area contributed by atoms with Gasteiger partial charge >= 0.3 is 0 Å². The van der Waals surface area contributed by atoms with Crippen molar-refractivity contribution in [1.29, 1.82) is 0 Å². The van der Waals surface area contributed by atoms with Gasteiger partial charge in [0.15, 0.2) is 9.84 Å². The van der Waals surface area contributed by atoms with Crippen molar-refractivity contribution in [2.45, 2.75) is 19.4 Å². The summed E-state index contributed by atoms with van der Waals surface area (Å²) < 4.78 is 37.2. The van der Waals surface area contributed by atoms with E-state index >= 15 is 0 Å². The number of halogens is 1. The van der Waals surface area contributed by atoms with Gasteiger partial charge in [-0.1, -0.05) is 0 Å². The molecule has 1 N–H and O–H groups in total. The maximum atomic E-state index is 13.0. The molecule has 1 fully saturated rings. The number of hydrogen-bond donors (Lipinski definition) is 1. The second-order valence-electron chi connectivity index (χ2n) is 5.44. The maximum Gasteiger partial charge on any atom is 0.291 e. The summed E-state index contributed by atoms with van der Waals surface area (Å²) in [4.78, 5) is 16.2. The fraction of sp³-hybridized carbons (Fsp3) is 0.357. The van der Waals surface area contributed by atoms with Gasteiger partial charge in [-0.3, -0.25) is 4.79 Å². The molecule has 3 rings (SSSR count). The smallest absolute Gasteiger partial charge is 0.291 e. The molecule has 1 aliphatic heterocycles. The van der Waals surface area contributed by atoms with Crippen molar-refractivity contribution in [2.24, 2.45) is 0 Å². The summed E-state index contributed by atoms with van der Waals surface area (Å²) >= 11 is 0. The highest BCUT2D eigenvalue weighted by molar-refractivity contribution is 7.91. The van der Waals surface area contributed by atoms with E-state index in [-0.39, 0.29) is 23.1 Å². The zero-order valence-electron chi connectivity index (χ0n) is 12.4. The summed E-state index contributed by atoms with van der Waals surface area (Å²) in [6, 6.07) is 5.23. The summed E-state index contributed by atoms with van der Waals surface area (Å²) in [6.07, 6.45) is 0.395. The first-order valence-electron chi connectivity index (χ1n) is 7.05. The monoisotopic (exact) mass is 338 g/mol. The lowest BCUT2D eigenvalue weighted by Gasteiger charge is -2.08. The zero-order valence-corrected chi connectivity index (χ0v) is 13.2. The number of sulfone groups is 1. The second kappa shape index (κ2) is 5.73. The molecule has 0 aliphatic carbocycles. The molecule has 0 bridgehead atoms. The summed E-state index contributed by atoms with van der Waals surface area (Å²) in [7, 11) is -3.07. The molecule has 1 amide bonds. The molecule has 0 saturated carbocycles. The lowest BCUT2D eigenvalue weighted by molar-refractivity contribution is 0.0930. The molecule has 1 aromatic carbocycles. The Hall–Kier alpha value is -2.29. The first-order chi connectivity index (χ1) is 10.8. The van der Waals surface area contributed by atoms with E-state index < -0.39 is 21.8 Å². The van der Waals surface area contributed by atoms with E-state index in [9.17, 15) is 17.6 Å². The highest BCUT2D eigenvalue weighted by Crippen LogP contribution is 2.13. The Labute approximate surface area is 132 Å². The van der Waals surface area contributed by atoms with E-state index in [4.69, 9.17) is 0 Å². The van der Waals surface area contributed by atoms with Crippen LogP contribution in [0, 0.1) is 12.7 Å². The number of rotatable bonds is 3. The number of aromatic nitrogens is 3. The number of benzene rings is 1. The molecule has 1 aromatic heterocycles. The van der Waals surface area contributed by atoms with Crippen LogP contribution in [-0.2, 0) is 9.84 Å². The topological polar surface area (TPSA) is 93.9 Å². The van der Waals surface area contributed by atoms with Crippen LogP contribution in [-0.4, -0.2) is 46.6 Å². The Balaban J connectivity index is 1.77. The highest BCUT2D eigenvalue weighted by Gasteiger charge is 2.30. The second-order valence-corrected chi connectivity index (χ2v) is 7.67. The third-order valence-electron chi connectivity index (χ3n) is 3.61. The van der Waals surface area contributed by atoms with Gasteiger partial charge in [-0.05, 0) is 37.6 Å². The number of carbonyl (C=O) groups is 1. The van der Waals surface area contributed by atoms with Gasteiger partial charge in [0, 0.05) is 6.04 Å². The van der Waals surface area contributed by atoms with Crippen molar-refractivity contribution in [3.05, 3.63) is 41.7 Å². The first kappa shape index (κ1) is 15.6. The minimum absolute atomic E-state index is 0.0453. The van der Waals surface area contributed by atoms with E-state index in [1.807, 2.05) is 0 Å². The SMILES string of the molecule is Cc1nc(C(=O)NC2CCS(=O)(=O)C2)nn1-c1ccc(F)cc1. The van der Waals surface area contributed by atoms with E-state index in [1.165, 1.54) is 28.9 Å². The standard InChI is InChI=1S/C14H15FN4O3S/c1-9-16-13(14(20)17-11-6-7-23(21,22)8-11)18-19(9)12-4-2-10(15)3-5-12/h2-5,11H,6-8H2,1H3,(H,17,20). The number of hydrogen-bond acceptors (Lipinski definition) is 5. The quantitative estimate of drug-likeness (QED) is 0.886. The molecule has 9 heteroatoms. The molecule has 1 atom stereocenters. The first-order valence-corrected chi connectivity index (χ1v) is 8.87. The van der Waals surface area contributed by atoms with Crippen LogP contribution in [0.3, 0.4) is 0 Å². The van der Waals surface area contributed by atoms with Gasteiger partial charge in [0.1, 0.15) is 11.6 Å². The van der Waals surface area contributed by atoms with Crippen LogP contribution in [0.5, 0.6) is 0 Å². The van der Waals surface area contributed by atoms with Crippen molar-refractivity contribution >= 4 is 15.7 Å². The Kier molecular flexibility index (Phi) is 3.88. The van der Waals surface area contributed by atoms with Gasteiger partial charge < -0.3 is 5.32 Å². The van der Waals surface area contributed by atoms with Crippen LogP contribution in [0.25, 0.3) is 5.69 Å². The molecule has 0 spiro atoms. The predicted octanol–water partition coefficient (Wildman–Crippen LogP) is 0.632. The molecule has 23 heavy (non-hydrogen) atoms. The summed E-state index contributed by atoms with van der Waals surface area (Å²) in [5.74, 6) is -0.440. The molecule has 1 saturated heterocycles. The minimum atomic E-state index is -3.07. The number of carbonyl (C=O) groups excluding carboxylic acids is 1. The van der Waals surface area contributed by atoms with Gasteiger partial charge in [0.05, 0.1) is 17.2 Å². The average Bonchev–Trinajstić information content (AvgIpc) is 3.03. The largest absolute Gasteiger partial charge is 0.345 e. The third kappa shape index (κ3) is 3.39. The van der Waals surface area contributed by atoms with Crippen LogP contribution in [0.15, 0.2) is 24.3 Å². The van der Waals surface area contributed by atoms with Crippen LogP contribution < -0.4 is 5.32 Å². The third-order valence-corrected chi connectivity index (χ3v) is 5.38. The molecule has 2 aromatic rings. The molecule has 0 radical (unpaired) electrons. The molecular weight excluding hydrogens is 323 g/mol. The predicted molar refractivity (Wildman–Crippen MR) is 80.6 cm³/mol. The van der Waals surface area contributed by atoms with Gasteiger partial charge in [-0.25, -0.2) is 22.5 Å².